The van der Waals surface area contributed by atoms with E-state index in [1.165, 1.54) is 24.2 Å². The smallest absolute Gasteiger partial charge is 0.303 e. The van der Waals surface area contributed by atoms with Gasteiger partial charge in [0, 0.05) is 24.5 Å². The molecule has 0 spiro atoms. The first-order chi connectivity index (χ1) is 12.2. The molecule has 0 amide bonds. The zero-order valence-corrected chi connectivity index (χ0v) is 15.5. The van der Waals surface area contributed by atoms with E-state index in [1.54, 1.807) is 0 Å². The molecule has 5 heteroatoms. The number of ether oxygens (including phenoxy) is 2. The molecule has 4 nitrogen and oxygen atoms in total. The first-order valence-electron chi connectivity index (χ1n) is 9.37. The van der Waals surface area contributed by atoms with E-state index in [-0.39, 0.29) is 6.42 Å². The zero-order valence-electron chi connectivity index (χ0n) is 14.6. The minimum Gasteiger partial charge on any atom is -0.481 e. The number of carboxylic acid groups (broad SMARTS) is 1. The minimum absolute atomic E-state index is 0.191. The van der Waals surface area contributed by atoms with Crippen molar-refractivity contribution in [1.82, 2.24) is 0 Å². The fourth-order valence-corrected chi connectivity index (χ4v) is 5.12. The summed E-state index contributed by atoms with van der Waals surface area (Å²) in [6, 6.07) is 10.6. The highest BCUT2D eigenvalue weighted by molar-refractivity contribution is 7.99. The van der Waals surface area contributed by atoms with Gasteiger partial charge in [0.1, 0.15) is 0 Å². The SMILES string of the molecule is O=C(O)CCCOCCC1C2CCC(O2)C1CCSc1ccccc1. The van der Waals surface area contributed by atoms with Gasteiger partial charge >= 0.3 is 5.97 Å². The van der Waals surface area contributed by atoms with Crippen molar-refractivity contribution in [2.24, 2.45) is 11.8 Å². The number of rotatable bonds is 11. The molecule has 4 unspecified atom stereocenters. The van der Waals surface area contributed by atoms with E-state index in [2.05, 4.69) is 30.3 Å². The second-order valence-corrected chi connectivity index (χ2v) is 8.13. The predicted molar refractivity (Wildman–Crippen MR) is 99.0 cm³/mol. The van der Waals surface area contributed by atoms with E-state index >= 15 is 0 Å². The summed E-state index contributed by atoms with van der Waals surface area (Å²) in [6.45, 7) is 1.27. The molecule has 2 heterocycles. The van der Waals surface area contributed by atoms with Gasteiger partial charge in [0.2, 0.25) is 0 Å². The number of aliphatic carboxylic acids is 1. The van der Waals surface area contributed by atoms with Gasteiger partial charge < -0.3 is 14.6 Å². The first kappa shape index (κ1) is 18.7. The number of fused-ring (bicyclic) bond motifs is 2. The summed E-state index contributed by atoms with van der Waals surface area (Å²) in [5.74, 6) is 1.64. The van der Waals surface area contributed by atoms with Crippen LogP contribution in [0.4, 0.5) is 0 Å². The molecule has 2 bridgehead atoms. The largest absolute Gasteiger partial charge is 0.481 e. The molecule has 2 aliphatic heterocycles. The van der Waals surface area contributed by atoms with E-state index in [9.17, 15) is 4.79 Å². The first-order valence-corrected chi connectivity index (χ1v) is 10.4. The molecule has 1 aromatic rings. The molecule has 2 saturated heterocycles. The maximum absolute atomic E-state index is 10.5. The number of carboxylic acids is 1. The van der Waals surface area contributed by atoms with Crippen molar-refractivity contribution >= 4 is 17.7 Å². The quantitative estimate of drug-likeness (QED) is 0.470. The van der Waals surface area contributed by atoms with Crippen LogP contribution in [0.5, 0.6) is 0 Å². The van der Waals surface area contributed by atoms with Gasteiger partial charge in [-0.1, -0.05) is 18.2 Å². The van der Waals surface area contributed by atoms with Gasteiger partial charge in [-0.3, -0.25) is 4.79 Å². The van der Waals surface area contributed by atoms with Crippen LogP contribution in [0.2, 0.25) is 0 Å². The topological polar surface area (TPSA) is 55.8 Å². The van der Waals surface area contributed by atoms with Crippen molar-refractivity contribution in [1.29, 1.82) is 0 Å². The molecule has 138 valence electrons. The minimum atomic E-state index is -0.749. The molecule has 0 radical (unpaired) electrons. The summed E-state index contributed by atoms with van der Waals surface area (Å²) < 4.78 is 11.8. The highest BCUT2D eigenvalue weighted by Gasteiger charge is 2.47. The molecule has 1 N–H and O–H groups in total. The summed E-state index contributed by atoms with van der Waals surface area (Å²) in [6.07, 6.45) is 6.28. The average molecular weight is 365 g/mol. The number of hydrogen-bond donors (Lipinski definition) is 1. The van der Waals surface area contributed by atoms with Gasteiger partial charge in [-0.05, 0) is 61.8 Å². The van der Waals surface area contributed by atoms with Crippen LogP contribution in [0.25, 0.3) is 0 Å². The van der Waals surface area contributed by atoms with E-state index in [4.69, 9.17) is 14.6 Å². The fourth-order valence-electron chi connectivity index (χ4n) is 4.15. The molecule has 4 atom stereocenters. The van der Waals surface area contributed by atoms with Crippen LogP contribution in [0, 0.1) is 11.8 Å². The van der Waals surface area contributed by atoms with E-state index in [0.717, 1.165) is 18.8 Å². The van der Waals surface area contributed by atoms with Crippen molar-refractivity contribution < 1.29 is 19.4 Å². The summed E-state index contributed by atoms with van der Waals surface area (Å²) in [5, 5.41) is 8.64. The van der Waals surface area contributed by atoms with E-state index < -0.39 is 5.97 Å². The summed E-state index contributed by atoms with van der Waals surface area (Å²) in [7, 11) is 0. The van der Waals surface area contributed by atoms with E-state index in [1.807, 2.05) is 11.8 Å². The maximum atomic E-state index is 10.5. The van der Waals surface area contributed by atoms with Crippen LogP contribution in [0.1, 0.15) is 38.5 Å². The Bertz CT molecular complexity index is 536. The Kier molecular flexibility index (Phi) is 7.20. The van der Waals surface area contributed by atoms with Crippen molar-refractivity contribution in [3.8, 4) is 0 Å². The van der Waals surface area contributed by atoms with Crippen molar-refractivity contribution in [3.05, 3.63) is 30.3 Å². The average Bonchev–Trinajstić information content (AvgIpc) is 3.21. The van der Waals surface area contributed by atoms with Gasteiger partial charge in [-0.25, -0.2) is 0 Å². The second kappa shape index (κ2) is 9.60. The zero-order chi connectivity index (χ0) is 17.5. The van der Waals surface area contributed by atoms with Crippen LogP contribution in [0.15, 0.2) is 35.2 Å². The number of carbonyl (C=O) groups is 1. The monoisotopic (exact) mass is 364 g/mol. The lowest BCUT2D eigenvalue weighted by molar-refractivity contribution is -0.137. The maximum Gasteiger partial charge on any atom is 0.303 e. The molecule has 3 rings (SSSR count). The molecule has 25 heavy (non-hydrogen) atoms. The van der Waals surface area contributed by atoms with Crippen LogP contribution in [-0.4, -0.2) is 42.3 Å². The molecule has 2 aliphatic rings. The summed E-state index contributed by atoms with van der Waals surface area (Å²) in [5.41, 5.74) is 0. The van der Waals surface area contributed by atoms with Gasteiger partial charge in [-0.2, -0.15) is 0 Å². The van der Waals surface area contributed by atoms with Gasteiger partial charge in [0.05, 0.1) is 12.2 Å². The lowest BCUT2D eigenvalue weighted by Gasteiger charge is -2.28. The van der Waals surface area contributed by atoms with Crippen LogP contribution in [-0.2, 0) is 14.3 Å². The summed E-state index contributed by atoms with van der Waals surface area (Å²) in [4.78, 5) is 11.8. The third kappa shape index (κ3) is 5.47. The third-order valence-electron chi connectivity index (χ3n) is 5.33. The van der Waals surface area contributed by atoms with Gasteiger partial charge in [0.15, 0.2) is 0 Å². The Balaban J connectivity index is 1.38. The molecule has 1 aromatic carbocycles. The number of hydrogen-bond acceptors (Lipinski definition) is 4. The van der Waals surface area contributed by atoms with Gasteiger partial charge in [0.25, 0.3) is 0 Å². The highest BCUT2D eigenvalue weighted by Crippen LogP contribution is 2.47. The Morgan fingerprint density at radius 3 is 2.56 bits per heavy atom. The van der Waals surface area contributed by atoms with Crippen molar-refractivity contribution in [2.45, 2.75) is 55.6 Å². The van der Waals surface area contributed by atoms with Gasteiger partial charge in [-0.15, -0.1) is 11.8 Å². The molecule has 0 saturated carbocycles. The lowest BCUT2D eigenvalue weighted by atomic mass is 9.76. The molecular formula is C20H28O4S. The third-order valence-corrected chi connectivity index (χ3v) is 6.37. The Labute approximate surface area is 154 Å². The van der Waals surface area contributed by atoms with Crippen LogP contribution >= 0.6 is 11.8 Å². The Morgan fingerprint density at radius 1 is 1.12 bits per heavy atom. The number of thioether (sulfide) groups is 1. The Hall–Kier alpha value is -1.04. The van der Waals surface area contributed by atoms with Crippen LogP contribution < -0.4 is 0 Å². The van der Waals surface area contributed by atoms with Crippen LogP contribution in [0.3, 0.4) is 0 Å². The molecule has 2 fully saturated rings. The highest BCUT2D eigenvalue weighted by atomic mass is 32.2. The second-order valence-electron chi connectivity index (χ2n) is 6.97. The van der Waals surface area contributed by atoms with E-state index in [0.29, 0.717) is 37.1 Å². The Morgan fingerprint density at radius 2 is 1.84 bits per heavy atom. The fraction of sp³-hybridized carbons (Fsp3) is 0.650. The molecule has 0 aromatic heterocycles. The molecular weight excluding hydrogens is 336 g/mol. The number of benzene rings is 1. The lowest BCUT2D eigenvalue weighted by Crippen LogP contribution is -2.28. The standard InChI is InChI=1S/C20H28O4S/c21-20(22)7-4-12-23-13-10-16-17(19-9-8-18(16)24-19)11-14-25-15-5-2-1-3-6-15/h1-3,5-6,16-19H,4,7-14H2,(H,21,22). The van der Waals surface area contributed by atoms with Crippen molar-refractivity contribution in [3.63, 3.8) is 0 Å². The van der Waals surface area contributed by atoms with Crippen molar-refractivity contribution in [2.75, 3.05) is 19.0 Å². The predicted octanol–water partition coefficient (Wildman–Crippen LogP) is 4.23. The normalized spacial score (nSPS) is 27.7. The molecule has 0 aliphatic carbocycles. The summed E-state index contributed by atoms with van der Waals surface area (Å²) >= 11 is 1.93.